The molecule has 0 atom stereocenters. The molecule has 0 spiro atoms. The fourth-order valence-electron chi connectivity index (χ4n) is 2.35. The third-order valence-corrected chi connectivity index (χ3v) is 3.43. The Kier molecular flexibility index (Phi) is 3.41. The van der Waals surface area contributed by atoms with Gasteiger partial charge in [0.25, 0.3) is 5.69 Å². The summed E-state index contributed by atoms with van der Waals surface area (Å²) >= 11 is 0. The lowest BCUT2D eigenvalue weighted by molar-refractivity contribution is -0.384. The summed E-state index contributed by atoms with van der Waals surface area (Å²) in [5, 5.41) is 11.4. The van der Waals surface area contributed by atoms with Gasteiger partial charge in [0.15, 0.2) is 11.6 Å². The largest absolute Gasteiger partial charge is 0.497 e. The Bertz CT molecular complexity index is 926. The SMILES string of the molecule is COc1cccc(-c2c([N+](=O)[O-])ccc3nc(N)c(N)nc23)c1. The molecule has 8 nitrogen and oxygen atoms in total. The van der Waals surface area contributed by atoms with Gasteiger partial charge in [0, 0.05) is 6.07 Å². The van der Waals surface area contributed by atoms with E-state index in [1.807, 2.05) is 0 Å². The van der Waals surface area contributed by atoms with Crippen LogP contribution in [-0.2, 0) is 0 Å². The van der Waals surface area contributed by atoms with Crippen molar-refractivity contribution in [3.05, 3.63) is 46.5 Å². The van der Waals surface area contributed by atoms with Crippen molar-refractivity contribution in [1.82, 2.24) is 9.97 Å². The maximum Gasteiger partial charge on any atom is 0.279 e. The molecule has 0 aliphatic heterocycles. The molecule has 23 heavy (non-hydrogen) atoms. The Morgan fingerprint density at radius 1 is 1.13 bits per heavy atom. The van der Waals surface area contributed by atoms with Gasteiger partial charge in [-0.05, 0) is 23.8 Å². The molecule has 0 amide bonds. The number of nitrogens with two attached hydrogens (primary N) is 2. The van der Waals surface area contributed by atoms with Crippen molar-refractivity contribution >= 4 is 28.4 Å². The number of methoxy groups -OCH3 is 1. The summed E-state index contributed by atoms with van der Waals surface area (Å²) in [6.07, 6.45) is 0. The Morgan fingerprint density at radius 3 is 2.57 bits per heavy atom. The lowest BCUT2D eigenvalue weighted by atomic mass is 10.0. The molecule has 116 valence electrons. The van der Waals surface area contributed by atoms with Crippen molar-refractivity contribution in [2.45, 2.75) is 0 Å². The number of nitro benzene ring substituents is 1. The van der Waals surface area contributed by atoms with Crippen LogP contribution >= 0.6 is 0 Å². The first-order chi connectivity index (χ1) is 11.0. The summed E-state index contributed by atoms with van der Waals surface area (Å²) in [5.41, 5.74) is 13.0. The summed E-state index contributed by atoms with van der Waals surface area (Å²) < 4.78 is 5.18. The van der Waals surface area contributed by atoms with E-state index >= 15 is 0 Å². The molecule has 3 rings (SSSR count). The number of nitrogens with zero attached hydrogens (tertiary/aromatic N) is 3. The highest BCUT2D eigenvalue weighted by atomic mass is 16.6. The first-order valence-electron chi connectivity index (χ1n) is 6.65. The van der Waals surface area contributed by atoms with Gasteiger partial charge in [-0.25, -0.2) is 9.97 Å². The van der Waals surface area contributed by atoms with Crippen LogP contribution < -0.4 is 16.2 Å². The van der Waals surface area contributed by atoms with Crippen molar-refractivity contribution in [1.29, 1.82) is 0 Å². The topological polar surface area (TPSA) is 130 Å². The van der Waals surface area contributed by atoms with E-state index in [0.29, 0.717) is 27.9 Å². The first kappa shape index (κ1) is 14.5. The molecule has 0 unspecified atom stereocenters. The van der Waals surface area contributed by atoms with E-state index in [9.17, 15) is 10.1 Å². The predicted molar refractivity (Wildman–Crippen MR) is 87.0 cm³/mol. The minimum absolute atomic E-state index is 0.0298. The second kappa shape index (κ2) is 5.41. The predicted octanol–water partition coefficient (Wildman–Crippen LogP) is 2.38. The van der Waals surface area contributed by atoms with Gasteiger partial charge in [0.2, 0.25) is 0 Å². The summed E-state index contributed by atoms with van der Waals surface area (Å²) in [6.45, 7) is 0. The molecule has 2 aromatic carbocycles. The van der Waals surface area contributed by atoms with E-state index in [0.717, 1.165) is 0 Å². The summed E-state index contributed by atoms with van der Waals surface area (Å²) in [6, 6.07) is 9.79. The number of ether oxygens (including phenoxy) is 1. The van der Waals surface area contributed by atoms with Gasteiger partial charge in [0.1, 0.15) is 11.3 Å². The average molecular weight is 311 g/mol. The third kappa shape index (κ3) is 2.46. The fraction of sp³-hybridized carbons (Fsp3) is 0.0667. The fourth-order valence-corrected chi connectivity index (χ4v) is 2.35. The number of benzene rings is 2. The molecule has 4 N–H and O–H groups in total. The lowest BCUT2D eigenvalue weighted by Gasteiger charge is -2.09. The zero-order valence-corrected chi connectivity index (χ0v) is 12.2. The summed E-state index contributed by atoms with van der Waals surface area (Å²) in [4.78, 5) is 19.3. The minimum atomic E-state index is -0.470. The Hall–Kier alpha value is -3.42. The number of hydrogen-bond acceptors (Lipinski definition) is 7. The number of aromatic nitrogens is 2. The third-order valence-electron chi connectivity index (χ3n) is 3.43. The molecule has 1 aromatic heterocycles. The van der Waals surface area contributed by atoms with Crippen LogP contribution in [0.15, 0.2) is 36.4 Å². The highest BCUT2D eigenvalue weighted by Gasteiger charge is 2.21. The smallest absolute Gasteiger partial charge is 0.279 e. The zero-order chi connectivity index (χ0) is 16.6. The van der Waals surface area contributed by atoms with Crippen LogP contribution in [0.4, 0.5) is 17.3 Å². The van der Waals surface area contributed by atoms with Crippen LogP contribution in [0.5, 0.6) is 5.75 Å². The van der Waals surface area contributed by atoms with Crippen LogP contribution in [0.3, 0.4) is 0 Å². The van der Waals surface area contributed by atoms with E-state index in [1.165, 1.54) is 19.2 Å². The molecule has 8 heteroatoms. The number of rotatable bonds is 3. The van der Waals surface area contributed by atoms with Gasteiger partial charge in [-0.15, -0.1) is 0 Å². The second-order valence-corrected chi connectivity index (χ2v) is 4.81. The van der Waals surface area contributed by atoms with E-state index in [2.05, 4.69) is 9.97 Å². The average Bonchev–Trinajstić information content (AvgIpc) is 2.55. The first-order valence-corrected chi connectivity index (χ1v) is 6.65. The van der Waals surface area contributed by atoms with Gasteiger partial charge in [0.05, 0.1) is 23.1 Å². The Labute approximate surface area is 130 Å². The van der Waals surface area contributed by atoms with Crippen LogP contribution in [0.1, 0.15) is 0 Å². The van der Waals surface area contributed by atoms with E-state index in [1.54, 1.807) is 24.3 Å². The number of fused-ring (bicyclic) bond motifs is 1. The Morgan fingerprint density at radius 2 is 1.87 bits per heavy atom. The second-order valence-electron chi connectivity index (χ2n) is 4.81. The molecule has 0 bridgehead atoms. The number of nitro groups is 1. The van der Waals surface area contributed by atoms with Gasteiger partial charge < -0.3 is 16.2 Å². The van der Waals surface area contributed by atoms with Crippen molar-refractivity contribution in [3.63, 3.8) is 0 Å². The normalized spacial score (nSPS) is 10.7. The van der Waals surface area contributed by atoms with Gasteiger partial charge in [-0.3, -0.25) is 10.1 Å². The molecule has 0 saturated carbocycles. The molecule has 0 aliphatic carbocycles. The maximum absolute atomic E-state index is 11.4. The molecule has 1 heterocycles. The highest BCUT2D eigenvalue weighted by Crippen LogP contribution is 2.37. The Balaban J connectivity index is 2.41. The van der Waals surface area contributed by atoms with Crippen molar-refractivity contribution in [2.75, 3.05) is 18.6 Å². The van der Waals surface area contributed by atoms with Crippen molar-refractivity contribution < 1.29 is 9.66 Å². The number of anilines is 2. The maximum atomic E-state index is 11.4. The van der Waals surface area contributed by atoms with Gasteiger partial charge >= 0.3 is 0 Å². The summed E-state index contributed by atoms with van der Waals surface area (Å²) in [7, 11) is 1.52. The lowest BCUT2D eigenvalue weighted by Crippen LogP contribution is -2.03. The standard InChI is InChI=1S/C15H13N5O3/c1-23-9-4-2-3-8(7-9)12-11(20(21)22)6-5-10-13(12)19-15(17)14(16)18-10/h2-7H,1H3,(H2,16,18)(H2,17,19). The zero-order valence-electron chi connectivity index (χ0n) is 12.2. The van der Waals surface area contributed by atoms with E-state index in [4.69, 9.17) is 16.2 Å². The van der Waals surface area contributed by atoms with Gasteiger partial charge in [-0.1, -0.05) is 12.1 Å². The molecule has 0 saturated heterocycles. The van der Waals surface area contributed by atoms with E-state index < -0.39 is 4.92 Å². The summed E-state index contributed by atoms with van der Waals surface area (Å²) in [5.74, 6) is 0.690. The molecular formula is C15H13N5O3. The van der Waals surface area contributed by atoms with E-state index in [-0.39, 0.29) is 17.3 Å². The molecule has 0 radical (unpaired) electrons. The molecular weight excluding hydrogens is 298 g/mol. The van der Waals surface area contributed by atoms with Crippen LogP contribution in [0.25, 0.3) is 22.2 Å². The monoisotopic (exact) mass is 311 g/mol. The number of nitrogen functional groups attached to an aromatic ring is 2. The molecule has 3 aromatic rings. The van der Waals surface area contributed by atoms with Crippen LogP contribution in [-0.4, -0.2) is 22.0 Å². The number of hydrogen-bond donors (Lipinski definition) is 2. The minimum Gasteiger partial charge on any atom is -0.497 e. The highest BCUT2D eigenvalue weighted by molar-refractivity contribution is 5.98. The molecule has 0 aliphatic rings. The quantitative estimate of drug-likeness (QED) is 0.560. The van der Waals surface area contributed by atoms with Crippen molar-refractivity contribution in [3.8, 4) is 16.9 Å². The van der Waals surface area contributed by atoms with Crippen LogP contribution in [0, 0.1) is 10.1 Å². The van der Waals surface area contributed by atoms with Crippen molar-refractivity contribution in [2.24, 2.45) is 0 Å². The van der Waals surface area contributed by atoms with Crippen LogP contribution in [0.2, 0.25) is 0 Å². The molecule has 0 fully saturated rings. The van der Waals surface area contributed by atoms with Gasteiger partial charge in [-0.2, -0.15) is 0 Å².